The molecule has 2 aromatic heterocycles. The Morgan fingerprint density at radius 3 is 2.50 bits per heavy atom. The lowest BCUT2D eigenvalue weighted by Crippen LogP contribution is -1.90. The maximum Gasteiger partial charge on any atom is 0.139 e. The Morgan fingerprint density at radius 1 is 1.21 bits per heavy atom. The van der Waals surface area contributed by atoms with Crippen molar-refractivity contribution in [2.45, 2.75) is 27.7 Å². The molecule has 76 valence electrons. The van der Waals surface area contributed by atoms with Crippen molar-refractivity contribution in [2.75, 3.05) is 0 Å². The highest BCUT2D eigenvalue weighted by Gasteiger charge is 2.03. The van der Waals surface area contributed by atoms with Crippen LogP contribution in [-0.2, 0) is 7.05 Å². The molecule has 0 atom stereocenters. The molecule has 0 fully saturated rings. The largest absolute Gasteiger partial charge is 0.336 e. The van der Waals surface area contributed by atoms with Crippen molar-refractivity contribution in [3.8, 4) is 0 Å². The summed E-state index contributed by atoms with van der Waals surface area (Å²) in [6.07, 6.45) is 3.97. The van der Waals surface area contributed by atoms with Crippen molar-refractivity contribution in [2.24, 2.45) is 7.05 Å². The second-order valence-electron chi connectivity index (χ2n) is 3.23. The Balaban J connectivity index is 0.000000461. The molecule has 0 unspecified atom stereocenters. The molecule has 2 heteroatoms. The van der Waals surface area contributed by atoms with Gasteiger partial charge in [0.05, 0.1) is 0 Å². The monoisotopic (exact) mass is 190 g/mol. The van der Waals surface area contributed by atoms with Gasteiger partial charge in [-0.25, -0.2) is 4.98 Å². The summed E-state index contributed by atoms with van der Waals surface area (Å²) in [6, 6.07) is 2.12. The molecule has 0 aliphatic rings. The summed E-state index contributed by atoms with van der Waals surface area (Å²) in [5.74, 6) is 0. The van der Waals surface area contributed by atoms with E-state index in [1.807, 2.05) is 37.9 Å². The van der Waals surface area contributed by atoms with Crippen LogP contribution in [0.3, 0.4) is 0 Å². The van der Waals surface area contributed by atoms with E-state index in [4.69, 9.17) is 0 Å². The Labute approximate surface area is 85.6 Å². The number of aromatic nitrogens is 2. The number of fused-ring (bicyclic) bond motifs is 1. The highest BCUT2D eigenvalue weighted by molar-refractivity contribution is 5.80. The first-order valence-corrected chi connectivity index (χ1v) is 5.07. The first kappa shape index (κ1) is 10.8. The Hall–Kier alpha value is -1.31. The second-order valence-corrected chi connectivity index (χ2v) is 3.23. The number of nitrogens with zero attached hydrogens (tertiary/aromatic N) is 2. The van der Waals surface area contributed by atoms with Gasteiger partial charge in [-0.15, -0.1) is 0 Å². The minimum Gasteiger partial charge on any atom is -0.336 e. The van der Waals surface area contributed by atoms with Gasteiger partial charge in [0.25, 0.3) is 0 Å². The number of pyridine rings is 1. The molecule has 2 rings (SSSR count). The fraction of sp³-hybridized carbons (Fsp3) is 0.417. The maximum atomic E-state index is 4.36. The van der Waals surface area contributed by atoms with Crippen molar-refractivity contribution in [1.82, 2.24) is 9.55 Å². The molecule has 2 aromatic rings. The third-order valence-electron chi connectivity index (χ3n) is 2.42. The van der Waals surface area contributed by atoms with E-state index in [9.17, 15) is 0 Å². The molecular formula is C12H18N2. The van der Waals surface area contributed by atoms with Crippen LogP contribution < -0.4 is 0 Å². The zero-order valence-electron chi connectivity index (χ0n) is 9.63. The lowest BCUT2D eigenvalue weighted by Gasteiger charge is -2.01. The van der Waals surface area contributed by atoms with Crippen LogP contribution in [0.2, 0.25) is 0 Å². The fourth-order valence-corrected chi connectivity index (χ4v) is 1.44. The zero-order valence-corrected chi connectivity index (χ0v) is 9.63. The van der Waals surface area contributed by atoms with Gasteiger partial charge in [0.15, 0.2) is 0 Å². The van der Waals surface area contributed by atoms with Gasteiger partial charge in [0, 0.05) is 24.8 Å². The molecule has 0 aliphatic carbocycles. The van der Waals surface area contributed by atoms with Crippen molar-refractivity contribution in [1.29, 1.82) is 0 Å². The lowest BCUT2D eigenvalue weighted by molar-refractivity contribution is 0.947. The number of hydrogen-bond donors (Lipinski definition) is 0. The predicted molar refractivity (Wildman–Crippen MR) is 61.5 cm³/mol. The van der Waals surface area contributed by atoms with Gasteiger partial charge in [-0.05, 0) is 31.0 Å². The number of hydrogen-bond acceptors (Lipinski definition) is 1. The Kier molecular flexibility index (Phi) is 3.28. The van der Waals surface area contributed by atoms with Gasteiger partial charge in [-0.2, -0.15) is 0 Å². The van der Waals surface area contributed by atoms with Crippen LogP contribution in [0.15, 0.2) is 18.5 Å². The number of aryl methyl sites for hydroxylation is 3. The molecule has 0 bridgehead atoms. The predicted octanol–water partition coefficient (Wildman–Crippen LogP) is 3.22. The van der Waals surface area contributed by atoms with E-state index in [0.717, 1.165) is 5.65 Å². The highest BCUT2D eigenvalue weighted by Crippen LogP contribution is 2.18. The van der Waals surface area contributed by atoms with E-state index >= 15 is 0 Å². The molecule has 0 spiro atoms. The molecule has 0 amide bonds. The second kappa shape index (κ2) is 4.27. The molecule has 0 radical (unpaired) electrons. The van der Waals surface area contributed by atoms with Crippen LogP contribution in [0.5, 0.6) is 0 Å². The summed E-state index contributed by atoms with van der Waals surface area (Å²) in [5.41, 5.74) is 3.66. The van der Waals surface area contributed by atoms with Crippen molar-refractivity contribution < 1.29 is 0 Å². The summed E-state index contributed by atoms with van der Waals surface area (Å²) >= 11 is 0. The topological polar surface area (TPSA) is 17.8 Å². The highest BCUT2D eigenvalue weighted by atomic mass is 15.0. The normalized spacial score (nSPS) is 9.79. The minimum absolute atomic E-state index is 1.07. The van der Waals surface area contributed by atoms with Gasteiger partial charge in [0.2, 0.25) is 0 Å². The molecule has 0 aromatic carbocycles. The lowest BCUT2D eigenvalue weighted by atomic mass is 10.1. The van der Waals surface area contributed by atoms with E-state index in [0.29, 0.717) is 0 Å². The Morgan fingerprint density at radius 2 is 1.86 bits per heavy atom. The van der Waals surface area contributed by atoms with Gasteiger partial charge in [0.1, 0.15) is 5.65 Å². The van der Waals surface area contributed by atoms with Crippen LogP contribution in [0.4, 0.5) is 0 Å². The summed E-state index contributed by atoms with van der Waals surface area (Å²) in [7, 11) is 2.02. The minimum atomic E-state index is 1.07. The SMILES string of the molecule is CC.Cc1cnc2c(ccn2C)c1C. The van der Waals surface area contributed by atoms with E-state index < -0.39 is 0 Å². The molecule has 0 saturated carbocycles. The summed E-state index contributed by atoms with van der Waals surface area (Å²) in [5, 5.41) is 1.26. The van der Waals surface area contributed by atoms with Gasteiger partial charge in [-0.3, -0.25) is 0 Å². The molecule has 2 heterocycles. The number of rotatable bonds is 0. The average Bonchev–Trinajstić information content (AvgIpc) is 2.58. The molecule has 0 saturated heterocycles. The van der Waals surface area contributed by atoms with Crippen molar-refractivity contribution >= 4 is 11.0 Å². The van der Waals surface area contributed by atoms with Crippen LogP contribution in [0.25, 0.3) is 11.0 Å². The summed E-state index contributed by atoms with van der Waals surface area (Å²) in [4.78, 5) is 4.36. The van der Waals surface area contributed by atoms with E-state index in [1.54, 1.807) is 0 Å². The van der Waals surface area contributed by atoms with E-state index in [2.05, 4.69) is 24.9 Å². The van der Waals surface area contributed by atoms with E-state index in [-0.39, 0.29) is 0 Å². The molecular weight excluding hydrogens is 172 g/mol. The van der Waals surface area contributed by atoms with E-state index in [1.165, 1.54) is 16.5 Å². The standard InChI is InChI=1S/C10H12N2.C2H6/c1-7-6-11-10-9(8(7)2)4-5-12(10)3;1-2/h4-6H,1-3H3;1-2H3. The van der Waals surface area contributed by atoms with Gasteiger partial charge < -0.3 is 4.57 Å². The molecule has 0 aliphatic heterocycles. The average molecular weight is 190 g/mol. The first-order chi connectivity index (χ1) is 6.70. The van der Waals surface area contributed by atoms with Crippen LogP contribution in [-0.4, -0.2) is 9.55 Å². The van der Waals surface area contributed by atoms with Crippen LogP contribution >= 0.6 is 0 Å². The zero-order chi connectivity index (χ0) is 10.7. The van der Waals surface area contributed by atoms with Gasteiger partial charge in [-0.1, -0.05) is 13.8 Å². The fourth-order valence-electron chi connectivity index (χ4n) is 1.44. The quantitative estimate of drug-likeness (QED) is 0.623. The molecule has 2 nitrogen and oxygen atoms in total. The maximum absolute atomic E-state index is 4.36. The summed E-state index contributed by atoms with van der Waals surface area (Å²) in [6.45, 7) is 8.23. The molecule has 14 heavy (non-hydrogen) atoms. The third kappa shape index (κ3) is 1.65. The van der Waals surface area contributed by atoms with Crippen molar-refractivity contribution in [3.63, 3.8) is 0 Å². The first-order valence-electron chi connectivity index (χ1n) is 5.07. The van der Waals surface area contributed by atoms with Crippen molar-refractivity contribution in [3.05, 3.63) is 29.6 Å². The van der Waals surface area contributed by atoms with Crippen LogP contribution in [0, 0.1) is 13.8 Å². The summed E-state index contributed by atoms with van der Waals surface area (Å²) < 4.78 is 2.04. The van der Waals surface area contributed by atoms with Gasteiger partial charge >= 0.3 is 0 Å². The smallest absolute Gasteiger partial charge is 0.139 e. The molecule has 0 N–H and O–H groups in total. The Bertz CT molecular complexity index is 427. The van der Waals surface area contributed by atoms with Crippen LogP contribution in [0.1, 0.15) is 25.0 Å². The third-order valence-corrected chi connectivity index (χ3v) is 2.42.